The first kappa shape index (κ1) is 81.7. The fourth-order valence-electron chi connectivity index (χ4n) is 4.56. The number of ether oxygens (including phenoxy) is 3. The summed E-state index contributed by atoms with van der Waals surface area (Å²) in [5.41, 5.74) is 20.0. The molecule has 10 N–H and O–H groups in total. The molecule has 82 heavy (non-hydrogen) atoms. The minimum absolute atomic E-state index is 0. The van der Waals surface area contributed by atoms with Crippen LogP contribution in [-0.4, -0.2) is 99.1 Å². The molecule has 8 aromatic rings. The molecule has 6 heterocycles. The molecular formula is C44H53BBr8N9O13S7+. The Morgan fingerprint density at radius 2 is 1.07 bits per heavy atom. The van der Waals surface area contributed by atoms with Gasteiger partial charge in [0.2, 0.25) is 10.0 Å². The van der Waals surface area contributed by atoms with Gasteiger partial charge < -0.3 is 30.7 Å². The zero-order valence-corrected chi connectivity index (χ0v) is 61.9. The number of hydrogen-bond donors (Lipinski definition) is 7. The van der Waals surface area contributed by atoms with Crippen LogP contribution in [0.3, 0.4) is 0 Å². The van der Waals surface area contributed by atoms with Gasteiger partial charge in [-0.2, -0.15) is 13.4 Å². The van der Waals surface area contributed by atoms with E-state index in [0.717, 1.165) is 80.0 Å². The van der Waals surface area contributed by atoms with E-state index in [0.29, 0.717) is 25.6 Å². The van der Waals surface area contributed by atoms with Crippen molar-refractivity contribution in [2.75, 3.05) is 37.1 Å². The van der Waals surface area contributed by atoms with Gasteiger partial charge in [0, 0.05) is 62.4 Å². The Balaban J connectivity index is 0. The Kier molecular flexibility index (Phi) is 43.2. The first-order chi connectivity index (χ1) is 37.9. The summed E-state index contributed by atoms with van der Waals surface area (Å²) in [6.45, 7) is 13.4. The number of hydrogen-bond acceptors (Lipinski definition) is 25. The standard InChI is InChI=1S/C12H12N2O2S.C7H9BO3.2C6H6BrNO2S.C4H4Br2N2S.C4H3Br2NS.C4H6N2S.CH4.Br2.H2O4S/c1-7-10(8-3-5-9(13)6-4-8)17-11(14-7)12(15)16-2;1-6-2-4-7(5-3-6)8(9)11-10;2*1-3-4(7)11-5(8-3)6(9)10-2;1-2-3(5)9-4(7-2)8-6;1-2-3(5)8-4(6)7-2;1-3-2-7-4(5)6-3;;1-2;1-5(2,3)4/h3-6H,13H2,1-2H3;2-5,9-10H,1H3;2*1-2H3;1H3,(H,7,8);1H3;2H,1H3,(H2,5,6);1H4;;(H2,1,2,3,4)/p+1. The highest BCUT2D eigenvalue weighted by atomic mass is 80.9. The van der Waals surface area contributed by atoms with Gasteiger partial charge in [-0.1, -0.05) is 106 Å². The highest BCUT2D eigenvalue weighted by molar-refractivity contribution is 9.93. The zero-order valence-electron chi connectivity index (χ0n) is 43.5. The van der Waals surface area contributed by atoms with Crippen LogP contribution in [0.5, 0.6) is 0 Å². The Morgan fingerprint density at radius 3 is 1.35 bits per heavy atom. The van der Waals surface area contributed by atoms with E-state index in [9.17, 15) is 14.4 Å². The van der Waals surface area contributed by atoms with Gasteiger partial charge >= 0.3 is 40.4 Å². The van der Waals surface area contributed by atoms with Gasteiger partial charge in [0.25, 0.3) is 0 Å². The van der Waals surface area contributed by atoms with Crippen LogP contribution < -0.4 is 26.3 Å². The number of carbonyl (C=O) groups is 3. The van der Waals surface area contributed by atoms with E-state index >= 15 is 0 Å². The summed E-state index contributed by atoms with van der Waals surface area (Å²) >= 11 is 33.6. The maximum absolute atomic E-state index is 11.4. The van der Waals surface area contributed by atoms with E-state index in [4.69, 9.17) is 39.3 Å². The van der Waals surface area contributed by atoms with Crippen LogP contribution >= 0.6 is 192 Å². The van der Waals surface area contributed by atoms with Crippen LogP contribution in [0.4, 0.5) is 16.0 Å². The molecule has 0 unspecified atom stereocenters. The fraction of sp³-hybridized carbons (Fsp3) is 0.250. The van der Waals surface area contributed by atoms with Crippen molar-refractivity contribution in [3.63, 3.8) is 0 Å². The van der Waals surface area contributed by atoms with Crippen LogP contribution in [0.15, 0.2) is 73.0 Å². The van der Waals surface area contributed by atoms with Crippen molar-refractivity contribution in [3.05, 3.63) is 128 Å². The monoisotopic (exact) mass is 1780 g/mol. The number of nitrogens with one attached hydrogen (secondary N) is 2. The molecule has 0 aliphatic heterocycles. The number of nitrogens with zero attached hydrogens (tertiary/aromatic N) is 5. The minimum Gasteiger partial charge on any atom is -0.464 e. The molecule has 0 aliphatic carbocycles. The molecule has 452 valence electrons. The maximum atomic E-state index is 11.4. The third-order valence-corrected chi connectivity index (χ3v) is 19.2. The van der Waals surface area contributed by atoms with Crippen molar-refractivity contribution in [1.29, 1.82) is 0 Å². The number of aromatic amines is 1. The van der Waals surface area contributed by atoms with E-state index in [1.54, 1.807) is 34.8 Å². The number of thiazole rings is 6. The summed E-state index contributed by atoms with van der Waals surface area (Å²) in [5, 5.41) is 21.8. The molecule has 0 radical (unpaired) electrons. The maximum Gasteiger partial charge on any atom is 0.522 e. The van der Waals surface area contributed by atoms with Crippen molar-refractivity contribution in [2.24, 2.45) is 0 Å². The summed E-state index contributed by atoms with van der Waals surface area (Å²) in [4.78, 5) is 61.0. The smallest absolute Gasteiger partial charge is 0.464 e. The average molecular weight is 1790 g/mol. The molecule has 2 aromatic carbocycles. The number of aromatic nitrogens is 6. The lowest BCUT2D eigenvalue weighted by Gasteiger charge is -2.00. The first-order valence-corrected chi connectivity index (χ1v) is 35.9. The van der Waals surface area contributed by atoms with Crippen LogP contribution in [0, 0.1) is 48.5 Å². The first-order valence-electron chi connectivity index (χ1n) is 21.1. The van der Waals surface area contributed by atoms with Crippen molar-refractivity contribution in [2.45, 2.75) is 55.9 Å². The SMILES string of the molecule is BrBr.C.COC(=O)c1[nH+]c(C)c(-c2ccc(N)cc2)s1.COC(=O)c1nc(C)c(Br)s1.COC(=O)c1nc(C)c(Br)s1.Cc1ccc(B(O)OO)cc1.Cc1csc(N)n1.Cc1nc(Br)sc1Br.Cc1nc(NBr)sc1Br.O=S(=O)(O)O. The number of nitrogen functional groups attached to an aromatic ring is 2. The average Bonchev–Trinajstić information content (AvgIpc) is 4.29. The molecule has 0 spiro atoms. The van der Waals surface area contributed by atoms with E-state index in [2.05, 4.69) is 177 Å². The third-order valence-electron chi connectivity index (χ3n) is 8.22. The molecular weight excluding hydrogens is 1740 g/mol. The van der Waals surface area contributed by atoms with Crippen LogP contribution in [0.25, 0.3) is 10.4 Å². The van der Waals surface area contributed by atoms with Crippen molar-refractivity contribution in [1.82, 2.24) is 24.9 Å². The number of benzene rings is 2. The lowest BCUT2D eigenvalue weighted by Crippen LogP contribution is -2.32. The molecule has 0 atom stereocenters. The number of methoxy groups -OCH3 is 3. The molecule has 6 aromatic heterocycles. The topological polar surface area (TPSA) is 346 Å². The van der Waals surface area contributed by atoms with Crippen LogP contribution in [0.1, 0.15) is 76.6 Å². The summed E-state index contributed by atoms with van der Waals surface area (Å²) in [5.74, 6) is -1.12. The molecule has 0 aliphatic rings. The number of nitrogens with two attached hydrogens (primary N) is 2. The van der Waals surface area contributed by atoms with Gasteiger partial charge in [-0.3, -0.25) is 23.5 Å². The molecule has 38 heteroatoms. The second-order valence-corrected chi connectivity index (χ2v) is 28.1. The number of anilines is 3. The van der Waals surface area contributed by atoms with E-state index in [1.807, 2.05) is 90.2 Å². The third kappa shape index (κ3) is 33.6. The van der Waals surface area contributed by atoms with Crippen molar-refractivity contribution < 1.29 is 66.2 Å². The number of carbonyl (C=O) groups excluding carboxylic acids is 3. The van der Waals surface area contributed by atoms with Gasteiger partial charge in [-0.05, 0) is 144 Å². The van der Waals surface area contributed by atoms with E-state index in [-0.39, 0.29) is 25.3 Å². The Hall–Kier alpha value is -2.32. The second-order valence-electron chi connectivity index (χ2n) is 14.3. The highest BCUT2D eigenvalue weighted by Gasteiger charge is 2.23. The summed E-state index contributed by atoms with van der Waals surface area (Å²) in [7, 11) is -1.86. The Labute approximate surface area is 564 Å². The zero-order chi connectivity index (χ0) is 62.3. The Bertz CT molecular complexity index is 3120. The number of halogens is 8. The van der Waals surface area contributed by atoms with Gasteiger partial charge in [0.1, 0.15) is 4.88 Å². The highest BCUT2D eigenvalue weighted by Crippen LogP contribution is 2.30. The Morgan fingerprint density at radius 1 is 0.646 bits per heavy atom. The molecule has 0 saturated heterocycles. The molecule has 0 fully saturated rings. The van der Waals surface area contributed by atoms with Crippen molar-refractivity contribution in [3.8, 4) is 10.4 Å². The quantitative estimate of drug-likeness (QED) is 0.0114. The fourth-order valence-corrected chi connectivity index (χ4v) is 12.6. The normalized spacial score (nSPS) is 9.63. The minimum atomic E-state index is -4.67. The molecule has 0 saturated carbocycles. The van der Waals surface area contributed by atoms with E-state index in [1.165, 1.54) is 66.7 Å². The molecule has 22 nitrogen and oxygen atoms in total. The summed E-state index contributed by atoms with van der Waals surface area (Å²) < 4.78 is 52.9. The second kappa shape index (κ2) is 43.3. The molecule has 0 bridgehead atoms. The predicted molar refractivity (Wildman–Crippen MR) is 360 cm³/mol. The number of aryl methyl sites for hydroxylation is 7. The predicted octanol–water partition coefficient (Wildman–Crippen LogP) is 14.7. The lowest BCUT2D eigenvalue weighted by molar-refractivity contribution is -0.384. The lowest BCUT2D eigenvalue weighted by atomic mass is 9.80. The molecule has 8 rings (SSSR count). The van der Waals surface area contributed by atoms with Crippen LogP contribution in [-0.2, 0) is 29.4 Å². The number of rotatable bonds is 7. The molecule has 0 amide bonds. The van der Waals surface area contributed by atoms with Crippen molar-refractivity contribution >= 4 is 249 Å². The van der Waals surface area contributed by atoms with E-state index < -0.39 is 17.5 Å². The van der Waals surface area contributed by atoms with Gasteiger partial charge in [-0.25, -0.2) is 39.3 Å². The van der Waals surface area contributed by atoms with Gasteiger partial charge in [0.05, 0.1) is 64.9 Å². The van der Waals surface area contributed by atoms with Gasteiger partial charge in [-0.15, -0.1) is 11.3 Å². The van der Waals surface area contributed by atoms with Crippen LogP contribution in [0.2, 0.25) is 0 Å². The number of esters is 3. The number of H-pyrrole nitrogens is 1. The van der Waals surface area contributed by atoms with Gasteiger partial charge in [0.15, 0.2) is 19.9 Å². The summed E-state index contributed by atoms with van der Waals surface area (Å²) in [6, 6.07) is 14.6. The summed E-state index contributed by atoms with van der Waals surface area (Å²) in [6.07, 6.45) is 0. The largest absolute Gasteiger partial charge is 0.522 e.